The number of nitrogens with one attached hydrogen (secondary N) is 1. The predicted octanol–water partition coefficient (Wildman–Crippen LogP) is 3.91. The van der Waals surface area contributed by atoms with Crippen molar-refractivity contribution in [3.8, 4) is 17.2 Å². The summed E-state index contributed by atoms with van der Waals surface area (Å²) in [6, 6.07) is 14.2. The summed E-state index contributed by atoms with van der Waals surface area (Å²) >= 11 is 0. The second-order valence-corrected chi connectivity index (χ2v) is 10.4. The molecule has 0 spiro atoms. The third-order valence-electron chi connectivity index (χ3n) is 5.40. The molecule has 0 saturated heterocycles. The Morgan fingerprint density at radius 3 is 2.51 bits per heavy atom. The van der Waals surface area contributed by atoms with Crippen molar-refractivity contribution < 1.29 is 17.9 Å². The lowest BCUT2D eigenvalue weighted by atomic mass is 10.2. The number of benzene rings is 2. The first kappa shape index (κ1) is 24.5. The summed E-state index contributed by atoms with van der Waals surface area (Å²) in [6.45, 7) is 1.51. The van der Waals surface area contributed by atoms with Gasteiger partial charge >= 0.3 is 0 Å². The van der Waals surface area contributed by atoms with Gasteiger partial charge in [0.15, 0.2) is 21.3 Å². The summed E-state index contributed by atoms with van der Waals surface area (Å²) in [6.07, 6.45) is 5.72. The van der Waals surface area contributed by atoms with Crippen molar-refractivity contribution in [2.45, 2.75) is 11.3 Å². The van der Waals surface area contributed by atoms with Crippen molar-refractivity contribution in [2.75, 3.05) is 45.9 Å². The molecule has 9 nitrogen and oxygen atoms in total. The van der Waals surface area contributed by atoms with Crippen LogP contribution in [0.3, 0.4) is 0 Å². The van der Waals surface area contributed by atoms with Crippen molar-refractivity contribution in [3.05, 3.63) is 60.9 Å². The first-order valence-electron chi connectivity index (χ1n) is 11.1. The highest BCUT2D eigenvalue weighted by Crippen LogP contribution is 2.31. The van der Waals surface area contributed by atoms with Crippen LogP contribution < -0.4 is 14.8 Å². The lowest BCUT2D eigenvalue weighted by Crippen LogP contribution is -2.15. The first-order valence-corrected chi connectivity index (χ1v) is 13.0. The summed E-state index contributed by atoms with van der Waals surface area (Å²) in [4.78, 5) is 11.5. The Morgan fingerprint density at radius 1 is 1.06 bits per heavy atom. The first-order chi connectivity index (χ1) is 16.7. The fourth-order valence-electron chi connectivity index (χ4n) is 3.60. The molecule has 0 radical (unpaired) electrons. The molecule has 4 aromatic rings. The zero-order valence-corrected chi connectivity index (χ0v) is 21.0. The predicted molar refractivity (Wildman–Crippen MR) is 137 cm³/mol. The number of methoxy groups -OCH3 is 1. The zero-order chi connectivity index (χ0) is 25.0. The minimum absolute atomic E-state index is 0.272. The topological polar surface area (TPSA) is 98.6 Å². The number of anilines is 2. The van der Waals surface area contributed by atoms with E-state index in [1.807, 2.05) is 49.1 Å². The van der Waals surface area contributed by atoms with E-state index in [9.17, 15) is 8.42 Å². The Labute approximate surface area is 205 Å². The van der Waals surface area contributed by atoms with Gasteiger partial charge in [0.25, 0.3) is 0 Å². The largest absolute Gasteiger partial charge is 0.493 e. The van der Waals surface area contributed by atoms with Crippen LogP contribution in [0.5, 0.6) is 11.5 Å². The van der Waals surface area contributed by atoms with Crippen molar-refractivity contribution in [1.29, 1.82) is 0 Å². The van der Waals surface area contributed by atoms with Gasteiger partial charge in [-0.15, -0.1) is 0 Å². The molecule has 4 rings (SSSR count). The van der Waals surface area contributed by atoms with Crippen LogP contribution in [-0.2, 0) is 9.84 Å². The van der Waals surface area contributed by atoms with Crippen molar-refractivity contribution in [2.24, 2.45) is 0 Å². The third kappa shape index (κ3) is 5.90. The van der Waals surface area contributed by atoms with Gasteiger partial charge in [0.05, 0.1) is 18.6 Å². The molecule has 0 aliphatic carbocycles. The molecule has 0 bridgehead atoms. The molecule has 0 atom stereocenters. The number of fused-ring (bicyclic) bond motifs is 1. The van der Waals surface area contributed by atoms with Gasteiger partial charge in [-0.1, -0.05) is 0 Å². The number of hydrogen-bond acceptors (Lipinski definition) is 8. The molecule has 0 fully saturated rings. The van der Waals surface area contributed by atoms with Gasteiger partial charge in [-0.2, -0.15) is 4.98 Å². The summed E-state index contributed by atoms with van der Waals surface area (Å²) < 4.78 is 36.8. The van der Waals surface area contributed by atoms with Gasteiger partial charge in [0.1, 0.15) is 5.65 Å². The molecule has 35 heavy (non-hydrogen) atoms. The molecule has 10 heteroatoms. The maximum atomic E-state index is 11.8. The molecule has 2 heterocycles. The van der Waals surface area contributed by atoms with Crippen molar-refractivity contribution in [3.63, 3.8) is 0 Å². The van der Waals surface area contributed by atoms with E-state index in [2.05, 4.69) is 15.2 Å². The third-order valence-corrected chi connectivity index (χ3v) is 6.53. The molecule has 2 aromatic carbocycles. The second-order valence-electron chi connectivity index (χ2n) is 8.42. The molecule has 0 amide bonds. The lowest BCUT2D eigenvalue weighted by Gasteiger charge is -2.14. The van der Waals surface area contributed by atoms with Gasteiger partial charge in [0, 0.05) is 48.0 Å². The molecule has 0 unspecified atom stereocenters. The molecule has 0 aliphatic rings. The Bertz CT molecular complexity index is 1420. The van der Waals surface area contributed by atoms with Crippen molar-refractivity contribution in [1.82, 2.24) is 19.4 Å². The number of aromatic nitrogens is 3. The van der Waals surface area contributed by atoms with Crippen LogP contribution in [-0.4, -0.2) is 68.5 Å². The van der Waals surface area contributed by atoms with E-state index in [-0.39, 0.29) is 4.90 Å². The van der Waals surface area contributed by atoms with Crippen LogP contribution >= 0.6 is 0 Å². The maximum absolute atomic E-state index is 11.8. The highest BCUT2D eigenvalue weighted by molar-refractivity contribution is 7.90. The van der Waals surface area contributed by atoms with Crippen LogP contribution in [0.4, 0.5) is 11.6 Å². The van der Waals surface area contributed by atoms with E-state index < -0.39 is 9.84 Å². The fourth-order valence-corrected chi connectivity index (χ4v) is 4.23. The minimum Gasteiger partial charge on any atom is -0.493 e. The van der Waals surface area contributed by atoms with E-state index in [0.717, 1.165) is 29.7 Å². The molecule has 0 aliphatic heterocycles. The standard InChI is InChI=1S/C25H29N5O4S/c1-29(2)13-5-15-34-23-16-19(6-11-22(23)33-3)27-25-26-17-18-12-14-30(24(18)28-25)20-7-9-21(10-8-20)35(4,31)32/h6-12,14,16-17H,5,13,15H2,1-4H3,(H,26,27,28). The highest BCUT2D eigenvalue weighted by Gasteiger charge is 2.11. The van der Waals surface area contributed by atoms with Crippen LogP contribution in [0.1, 0.15) is 6.42 Å². The number of hydrogen-bond donors (Lipinski definition) is 1. The van der Waals surface area contributed by atoms with Gasteiger partial charge in [-0.25, -0.2) is 13.4 Å². The minimum atomic E-state index is -3.26. The number of rotatable bonds is 10. The van der Waals surface area contributed by atoms with Gasteiger partial charge < -0.3 is 24.3 Å². The van der Waals surface area contributed by atoms with Crippen LogP contribution in [0.25, 0.3) is 16.7 Å². The summed E-state index contributed by atoms with van der Waals surface area (Å²) in [5.74, 6) is 1.73. The quantitative estimate of drug-likeness (QED) is 0.331. The molecular weight excluding hydrogens is 466 g/mol. The normalized spacial score (nSPS) is 11.7. The molecular formula is C25H29N5O4S. The van der Waals surface area contributed by atoms with Crippen LogP contribution in [0, 0.1) is 0 Å². The van der Waals surface area contributed by atoms with Gasteiger partial charge in [0.2, 0.25) is 5.95 Å². The number of sulfone groups is 1. The van der Waals surface area contributed by atoms with E-state index in [1.54, 1.807) is 37.6 Å². The van der Waals surface area contributed by atoms with E-state index in [4.69, 9.17) is 14.5 Å². The highest BCUT2D eigenvalue weighted by atomic mass is 32.2. The Balaban J connectivity index is 1.56. The van der Waals surface area contributed by atoms with Gasteiger partial charge in [-0.05, 0) is 63.0 Å². The van der Waals surface area contributed by atoms with Gasteiger partial charge in [-0.3, -0.25) is 0 Å². The Morgan fingerprint density at radius 2 is 1.83 bits per heavy atom. The van der Waals surface area contributed by atoms with Crippen molar-refractivity contribution >= 4 is 32.5 Å². The lowest BCUT2D eigenvalue weighted by molar-refractivity contribution is 0.268. The Hall–Kier alpha value is -3.63. The monoisotopic (exact) mass is 495 g/mol. The summed E-state index contributed by atoms with van der Waals surface area (Å²) in [7, 11) is 2.42. The maximum Gasteiger partial charge on any atom is 0.229 e. The molecule has 2 aromatic heterocycles. The molecule has 0 saturated carbocycles. The molecule has 184 valence electrons. The molecule has 1 N–H and O–H groups in total. The smallest absolute Gasteiger partial charge is 0.229 e. The number of ether oxygens (including phenoxy) is 2. The Kier molecular flexibility index (Phi) is 7.23. The summed E-state index contributed by atoms with van der Waals surface area (Å²) in [5.41, 5.74) is 2.27. The van der Waals surface area contributed by atoms with E-state index in [0.29, 0.717) is 29.7 Å². The zero-order valence-electron chi connectivity index (χ0n) is 20.2. The van der Waals surface area contributed by atoms with E-state index >= 15 is 0 Å². The number of nitrogens with zero attached hydrogens (tertiary/aromatic N) is 4. The SMILES string of the molecule is COc1ccc(Nc2ncc3ccn(-c4ccc(S(C)(=O)=O)cc4)c3n2)cc1OCCCN(C)C. The fraction of sp³-hybridized carbons (Fsp3) is 0.280. The summed E-state index contributed by atoms with van der Waals surface area (Å²) in [5, 5.41) is 4.10. The average molecular weight is 496 g/mol. The second kappa shape index (κ2) is 10.3. The van der Waals surface area contributed by atoms with E-state index in [1.165, 1.54) is 6.26 Å². The van der Waals surface area contributed by atoms with Crippen LogP contribution in [0.15, 0.2) is 65.8 Å². The average Bonchev–Trinajstić information content (AvgIpc) is 3.25. The van der Waals surface area contributed by atoms with Crippen LogP contribution in [0.2, 0.25) is 0 Å².